The fraction of sp³-hybridized carbons (Fsp3) is 0.306. The Morgan fingerprint density at radius 2 is 1.88 bits per heavy atom. The SMILES string of the molecule is CC(=O)Nc1cccc(-c2cnn(-c3cc(C(=O)/N=c4\[nH]c5ccc(CN6CCN(C)CC6)cc5n4CC(C)(C)OC=O)ccn3)c2)c1C=O. The van der Waals surface area contributed by atoms with Crippen molar-refractivity contribution in [3.05, 3.63) is 89.4 Å². The smallest absolute Gasteiger partial charge is 0.293 e. The lowest BCUT2D eigenvalue weighted by Gasteiger charge is -2.32. The Bertz CT molecular complexity index is 2140. The van der Waals surface area contributed by atoms with Crippen LogP contribution in [0, 0.1) is 0 Å². The number of aromatic nitrogens is 5. The zero-order valence-electron chi connectivity index (χ0n) is 28.4. The van der Waals surface area contributed by atoms with E-state index in [1.165, 1.54) is 17.8 Å². The summed E-state index contributed by atoms with van der Waals surface area (Å²) in [7, 11) is 2.13. The van der Waals surface area contributed by atoms with Crippen molar-refractivity contribution in [2.45, 2.75) is 39.5 Å². The quantitative estimate of drug-likeness (QED) is 0.200. The van der Waals surface area contributed by atoms with Gasteiger partial charge in [0.15, 0.2) is 12.1 Å². The average molecular weight is 678 g/mol. The number of nitrogens with zero attached hydrogens (tertiary/aromatic N) is 7. The standard InChI is InChI=1S/C36H39N9O5/c1-24(48)39-30-7-5-6-28(29(30)21-46)27-18-38-45(20-27)33-17-26(10-11-37-33)34(49)41-35-40-31-9-8-25(19-43-14-12-42(4)13-15-43)16-32(31)44(35)22-36(2,3)50-23-47/h5-11,16-18,20-21,23H,12-15,19,22H2,1-4H3,(H,39,48)(H,40,41,49). The minimum atomic E-state index is -0.880. The predicted octanol–water partition coefficient (Wildman–Crippen LogP) is 3.43. The number of aldehydes is 1. The summed E-state index contributed by atoms with van der Waals surface area (Å²) in [5.41, 5.74) is 4.37. The van der Waals surface area contributed by atoms with E-state index in [9.17, 15) is 19.2 Å². The van der Waals surface area contributed by atoms with Gasteiger partial charge in [0.05, 0.1) is 29.5 Å². The Labute approximate surface area is 288 Å². The van der Waals surface area contributed by atoms with Gasteiger partial charge in [0.1, 0.15) is 5.60 Å². The number of benzene rings is 2. The zero-order valence-corrected chi connectivity index (χ0v) is 28.4. The molecule has 0 spiro atoms. The minimum absolute atomic E-state index is 0.249. The number of anilines is 1. The first-order valence-electron chi connectivity index (χ1n) is 16.2. The van der Waals surface area contributed by atoms with Crippen LogP contribution in [0.25, 0.3) is 28.0 Å². The average Bonchev–Trinajstić information content (AvgIpc) is 3.70. The highest BCUT2D eigenvalue weighted by Crippen LogP contribution is 2.28. The highest BCUT2D eigenvalue weighted by molar-refractivity contribution is 6.00. The fourth-order valence-electron chi connectivity index (χ4n) is 6.03. The van der Waals surface area contributed by atoms with Crippen LogP contribution >= 0.6 is 0 Å². The number of imidazole rings is 1. The second-order valence-electron chi connectivity index (χ2n) is 13.0. The van der Waals surface area contributed by atoms with Crippen LogP contribution < -0.4 is 10.9 Å². The van der Waals surface area contributed by atoms with E-state index < -0.39 is 11.5 Å². The van der Waals surface area contributed by atoms with Crippen LogP contribution in [0.2, 0.25) is 0 Å². The van der Waals surface area contributed by atoms with Crippen LogP contribution in [0.5, 0.6) is 0 Å². The van der Waals surface area contributed by atoms with Gasteiger partial charge in [-0.3, -0.25) is 24.1 Å². The van der Waals surface area contributed by atoms with Gasteiger partial charge < -0.3 is 24.5 Å². The number of fused-ring (bicyclic) bond motifs is 1. The molecule has 0 bridgehead atoms. The van der Waals surface area contributed by atoms with Gasteiger partial charge in [0.2, 0.25) is 11.5 Å². The lowest BCUT2D eigenvalue weighted by atomic mass is 10.0. The van der Waals surface area contributed by atoms with Crippen molar-refractivity contribution in [3.8, 4) is 16.9 Å². The number of likely N-dealkylation sites (N-methyl/N-ethyl adjacent to an activating group) is 1. The molecule has 2 amide bonds. The maximum atomic E-state index is 13.7. The molecule has 2 aromatic carbocycles. The molecule has 0 saturated carbocycles. The van der Waals surface area contributed by atoms with Crippen molar-refractivity contribution < 1.29 is 23.9 Å². The number of pyridine rings is 1. The topological polar surface area (TPSA) is 160 Å². The molecular formula is C36H39N9O5. The van der Waals surface area contributed by atoms with E-state index in [0.29, 0.717) is 46.6 Å². The summed E-state index contributed by atoms with van der Waals surface area (Å²) >= 11 is 0. The normalized spacial score (nSPS) is 14.5. The third-order valence-corrected chi connectivity index (χ3v) is 8.63. The number of rotatable bonds is 11. The molecule has 4 heterocycles. The van der Waals surface area contributed by atoms with E-state index in [1.807, 2.05) is 10.6 Å². The van der Waals surface area contributed by atoms with Crippen molar-refractivity contribution in [3.63, 3.8) is 0 Å². The van der Waals surface area contributed by atoms with Gasteiger partial charge >= 0.3 is 0 Å². The number of amides is 2. The van der Waals surface area contributed by atoms with Gasteiger partial charge in [-0.05, 0) is 62.4 Å². The molecule has 2 N–H and O–H groups in total. The molecule has 50 heavy (non-hydrogen) atoms. The molecule has 0 radical (unpaired) electrons. The Morgan fingerprint density at radius 1 is 1.08 bits per heavy atom. The molecule has 1 fully saturated rings. The molecule has 0 atom stereocenters. The highest BCUT2D eigenvalue weighted by Gasteiger charge is 2.23. The number of ether oxygens (including phenoxy) is 1. The third-order valence-electron chi connectivity index (χ3n) is 8.63. The number of carbonyl (C=O) groups excluding carboxylic acids is 4. The number of H-pyrrole nitrogens is 1. The van der Waals surface area contributed by atoms with Crippen molar-refractivity contribution >= 4 is 41.3 Å². The van der Waals surface area contributed by atoms with E-state index >= 15 is 0 Å². The Hall–Kier alpha value is -5.73. The largest absolute Gasteiger partial charge is 0.460 e. The summed E-state index contributed by atoms with van der Waals surface area (Å²) in [6, 6.07) is 14.4. The van der Waals surface area contributed by atoms with Crippen molar-refractivity contribution in [2.24, 2.45) is 4.99 Å². The summed E-state index contributed by atoms with van der Waals surface area (Å²) in [6.45, 7) is 10.4. The van der Waals surface area contributed by atoms with Gasteiger partial charge in [-0.15, -0.1) is 0 Å². The fourth-order valence-corrected chi connectivity index (χ4v) is 6.03. The number of aromatic amines is 1. The first-order chi connectivity index (χ1) is 24.0. The van der Waals surface area contributed by atoms with E-state index in [1.54, 1.807) is 56.6 Å². The van der Waals surface area contributed by atoms with Crippen LogP contribution in [0.15, 0.2) is 72.1 Å². The molecule has 14 nitrogen and oxygen atoms in total. The summed E-state index contributed by atoms with van der Waals surface area (Å²) in [5, 5.41) is 7.09. The number of nitrogens with one attached hydrogen (secondary N) is 2. The van der Waals surface area contributed by atoms with Crippen molar-refractivity contribution in [1.29, 1.82) is 0 Å². The predicted molar refractivity (Wildman–Crippen MR) is 187 cm³/mol. The zero-order chi connectivity index (χ0) is 35.4. The second kappa shape index (κ2) is 14.4. The lowest BCUT2D eigenvalue weighted by Crippen LogP contribution is -2.43. The van der Waals surface area contributed by atoms with Gasteiger partial charge in [-0.1, -0.05) is 18.2 Å². The van der Waals surface area contributed by atoms with Gasteiger partial charge in [-0.25, -0.2) is 9.67 Å². The summed E-state index contributed by atoms with van der Waals surface area (Å²) < 4.78 is 8.75. The van der Waals surface area contributed by atoms with Crippen LogP contribution in [-0.2, 0) is 27.4 Å². The molecular weight excluding hydrogens is 638 g/mol. The molecule has 5 aromatic rings. The molecule has 258 valence electrons. The monoisotopic (exact) mass is 677 g/mol. The second-order valence-corrected chi connectivity index (χ2v) is 13.0. The number of carbonyl (C=O) groups is 4. The molecule has 6 rings (SSSR count). The number of hydrogen-bond acceptors (Lipinski definition) is 9. The summed E-state index contributed by atoms with van der Waals surface area (Å²) in [4.78, 5) is 65.5. The first-order valence-corrected chi connectivity index (χ1v) is 16.2. The maximum absolute atomic E-state index is 13.7. The summed E-state index contributed by atoms with van der Waals surface area (Å²) in [5.74, 6) is -0.445. The van der Waals surface area contributed by atoms with Crippen LogP contribution in [0.3, 0.4) is 0 Å². The van der Waals surface area contributed by atoms with Crippen LogP contribution in [0.4, 0.5) is 5.69 Å². The van der Waals surface area contributed by atoms with Crippen molar-refractivity contribution in [2.75, 3.05) is 38.5 Å². The minimum Gasteiger partial charge on any atom is -0.460 e. The Kier molecular flexibility index (Phi) is 9.83. The van der Waals surface area contributed by atoms with E-state index in [2.05, 4.69) is 54.4 Å². The number of hydrogen-bond donors (Lipinski definition) is 2. The van der Waals surface area contributed by atoms with Crippen LogP contribution in [-0.4, -0.2) is 97.5 Å². The molecule has 3 aromatic heterocycles. The molecule has 0 unspecified atom stereocenters. The molecule has 1 aliphatic heterocycles. The maximum Gasteiger partial charge on any atom is 0.293 e. The molecule has 0 aliphatic carbocycles. The summed E-state index contributed by atoms with van der Waals surface area (Å²) in [6.07, 6.45) is 5.45. The van der Waals surface area contributed by atoms with E-state index in [4.69, 9.17) is 4.74 Å². The Balaban J connectivity index is 1.32. The third kappa shape index (κ3) is 7.61. The van der Waals surface area contributed by atoms with Gasteiger partial charge in [0.25, 0.3) is 12.4 Å². The van der Waals surface area contributed by atoms with Crippen LogP contribution in [0.1, 0.15) is 47.1 Å². The van der Waals surface area contributed by atoms with E-state index in [-0.39, 0.29) is 18.0 Å². The van der Waals surface area contributed by atoms with E-state index in [0.717, 1.165) is 49.3 Å². The first kappa shape index (κ1) is 34.1. The number of piperazine rings is 1. The highest BCUT2D eigenvalue weighted by atomic mass is 16.5. The Morgan fingerprint density at radius 3 is 2.62 bits per heavy atom. The molecule has 1 saturated heterocycles. The molecule has 14 heteroatoms. The molecule has 1 aliphatic rings. The lowest BCUT2D eigenvalue weighted by molar-refractivity contribution is -0.141. The van der Waals surface area contributed by atoms with Gasteiger partial charge in [-0.2, -0.15) is 10.1 Å². The van der Waals surface area contributed by atoms with Gasteiger partial charge in [0, 0.05) is 68.7 Å². The van der Waals surface area contributed by atoms with Crippen molar-refractivity contribution in [1.82, 2.24) is 34.1 Å².